The number of aromatic nitrogens is 1. The quantitative estimate of drug-likeness (QED) is 0.666. The zero-order chi connectivity index (χ0) is 14.0. The average Bonchev–Trinajstić information content (AvgIpc) is 2.70. The Morgan fingerprint density at radius 1 is 1.53 bits per heavy atom. The van der Waals surface area contributed by atoms with E-state index < -0.39 is 0 Å². The van der Waals surface area contributed by atoms with E-state index >= 15 is 0 Å². The Labute approximate surface area is 113 Å². The van der Waals surface area contributed by atoms with Gasteiger partial charge in [-0.1, -0.05) is 20.3 Å². The van der Waals surface area contributed by atoms with Gasteiger partial charge in [-0.15, -0.1) is 0 Å². The predicted molar refractivity (Wildman–Crippen MR) is 75.2 cm³/mol. The number of anilines is 1. The number of rotatable bonds is 4. The molecule has 1 aromatic heterocycles. The van der Waals surface area contributed by atoms with Crippen LogP contribution in [-0.4, -0.2) is 15.9 Å². The first-order chi connectivity index (χ1) is 9.04. The second kappa shape index (κ2) is 5.55. The lowest BCUT2D eigenvalue weighted by Gasteiger charge is -2.21. The molecule has 0 bridgehead atoms. The summed E-state index contributed by atoms with van der Waals surface area (Å²) < 4.78 is 0. The lowest BCUT2D eigenvalue weighted by atomic mass is 9.93. The molecule has 5 nitrogen and oxygen atoms in total. The molecule has 1 aliphatic rings. The molecule has 0 aliphatic heterocycles. The predicted octanol–water partition coefficient (Wildman–Crippen LogP) is 3.53. The van der Waals surface area contributed by atoms with Gasteiger partial charge in [0.1, 0.15) is 0 Å². The van der Waals surface area contributed by atoms with E-state index in [1.165, 1.54) is 12.8 Å². The van der Waals surface area contributed by atoms with Gasteiger partial charge in [0.2, 0.25) is 5.82 Å². The highest BCUT2D eigenvalue weighted by Crippen LogP contribution is 2.37. The zero-order valence-corrected chi connectivity index (χ0v) is 11.7. The molecule has 3 atom stereocenters. The van der Waals surface area contributed by atoms with Gasteiger partial charge in [-0.05, 0) is 37.7 Å². The number of hydrogen-bond donors (Lipinski definition) is 1. The van der Waals surface area contributed by atoms with Crippen LogP contribution >= 0.6 is 0 Å². The Morgan fingerprint density at radius 3 is 2.84 bits per heavy atom. The van der Waals surface area contributed by atoms with E-state index in [4.69, 9.17) is 0 Å². The van der Waals surface area contributed by atoms with Gasteiger partial charge >= 0.3 is 5.69 Å². The van der Waals surface area contributed by atoms with Crippen LogP contribution in [0.2, 0.25) is 0 Å². The van der Waals surface area contributed by atoms with Crippen molar-refractivity contribution in [1.29, 1.82) is 0 Å². The molecule has 19 heavy (non-hydrogen) atoms. The smallest absolute Gasteiger partial charge is 0.314 e. The molecule has 3 unspecified atom stereocenters. The van der Waals surface area contributed by atoms with Crippen molar-refractivity contribution in [2.24, 2.45) is 11.8 Å². The molecular formula is C14H21N3O2. The SMILES string of the molecule is CCC1CCC(Nc2nccc(C)c2[N+](=O)[O-])C1C. The summed E-state index contributed by atoms with van der Waals surface area (Å²) in [6.45, 7) is 6.18. The topological polar surface area (TPSA) is 68.1 Å². The molecule has 0 amide bonds. The molecule has 1 aromatic rings. The summed E-state index contributed by atoms with van der Waals surface area (Å²) in [4.78, 5) is 15.0. The molecule has 0 radical (unpaired) electrons. The van der Waals surface area contributed by atoms with Gasteiger partial charge in [0, 0.05) is 17.8 Å². The van der Waals surface area contributed by atoms with Crippen molar-refractivity contribution in [3.63, 3.8) is 0 Å². The van der Waals surface area contributed by atoms with E-state index in [1.54, 1.807) is 19.2 Å². The summed E-state index contributed by atoms with van der Waals surface area (Å²) in [5.41, 5.74) is 0.759. The van der Waals surface area contributed by atoms with Gasteiger partial charge in [0.15, 0.2) is 0 Å². The van der Waals surface area contributed by atoms with Crippen LogP contribution < -0.4 is 5.32 Å². The Bertz CT molecular complexity index is 476. The molecule has 0 saturated heterocycles. The van der Waals surface area contributed by atoms with Crippen molar-refractivity contribution >= 4 is 11.5 Å². The highest BCUT2D eigenvalue weighted by Gasteiger charge is 2.33. The molecule has 0 spiro atoms. The summed E-state index contributed by atoms with van der Waals surface area (Å²) in [5.74, 6) is 1.66. The highest BCUT2D eigenvalue weighted by atomic mass is 16.6. The molecule has 2 rings (SSSR count). The maximum Gasteiger partial charge on any atom is 0.314 e. The number of aryl methyl sites for hydroxylation is 1. The second-order valence-corrected chi connectivity index (χ2v) is 5.44. The second-order valence-electron chi connectivity index (χ2n) is 5.44. The van der Waals surface area contributed by atoms with Crippen LogP contribution in [0.3, 0.4) is 0 Å². The fourth-order valence-corrected chi connectivity index (χ4v) is 3.09. The lowest BCUT2D eigenvalue weighted by Crippen LogP contribution is -2.25. The van der Waals surface area contributed by atoms with Gasteiger partial charge in [0.05, 0.1) is 4.92 Å². The van der Waals surface area contributed by atoms with Crippen LogP contribution in [0.25, 0.3) is 0 Å². The Morgan fingerprint density at radius 2 is 2.26 bits per heavy atom. The molecule has 1 aliphatic carbocycles. The summed E-state index contributed by atoms with van der Waals surface area (Å²) in [6, 6.07) is 1.97. The molecule has 5 heteroatoms. The zero-order valence-electron chi connectivity index (χ0n) is 11.7. The maximum atomic E-state index is 11.1. The van der Waals surface area contributed by atoms with Crippen LogP contribution in [0.4, 0.5) is 11.5 Å². The first kappa shape index (κ1) is 13.8. The third-order valence-electron chi connectivity index (χ3n) is 4.38. The summed E-state index contributed by atoms with van der Waals surface area (Å²) >= 11 is 0. The highest BCUT2D eigenvalue weighted by molar-refractivity contribution is 5.60. The van der Waals surface area contributed by atoms with Crippen molar-refractivity contribution in [3.05, 3.63) is 27.9 Å². The lowest BCUT2D eigenvalue weighted by molar-refractivity contribution is -0.384. The minimum absolute atomic E-state index is 0.106. The third kappa shape index (κ3) is 2.69. The van der Waals surface area contributed by atoms with E-state index in [2.05, 4.69) is 24.1 Å². The van der Waals surface area contributed by atoms with Crippen LogP contribution in [0.15, 0.2) is 12.3 Å². The minimum Gasteiger partial charge on any atom is -0.361 e. The Hall–Kier alpha value is -1.65. The molecule has 1 fully saturated rings. The van der Waals surface area contributed by atoms with Gasteiger partial charge in [0.25, 0.3) is 0 Å². The van der Waals surface area contributed by atoms with Crippen LogP contribution in [0, 0.1) is 28.9 Å². The Kier molecular flexibility index (Phi) is 4.02. The first-order valence-electron chi connectivity index (χ1n) is 6.91. The molecule has 104 valence electrons. The number of nitrogens with zero attached hydrogens (tertiary/aromatic N) is 2. The van der Waals surface area contributed by atoms with Crippen LogP contribution in [0.5, 0.6) is 0 Å². The molecule has 1 N–H and O–H groups in total. The fourth-order valence-electron chi connectivity index (χ4n) is 3.09. The number of pyridine rings is 1. The number of hydrogen-bond acceptors (Lipinski definition) is 4. The Balaban J connectivity index is 2.20. The largest absolute Gasteiger partial charge is 0.361 e. The van der Waals surface area contributed by atoms with Crippen molar-refractivity contribution in [2.45, 2.75) is 46.1 Å². The van der Waals surface area contributed by atoms with Crippen LogP contribution in [0.1, 0.15) is 38.7 Å². The first-order valence-corrected chi connectivity index (χ1v) is 6.91. The van der Waals surface area contributed by atoms with E-state index in [0.717, 1.165) is 6.42 Å². The van der Waals surface area contributed by atoms with E-state index in [1.807, 2.05) is 0 Å². The molecule has 1 heterocycles. The minimum atomic E-state index is -0.346. The van der Waals surface area contributed by atoms with Gasteiger partial charge in [-0.2, -0.15) is 0 Å². The van der Waals surface area contributed by atoms with Crippen molar-refractivity contribution in [2.75, 3.05) is 5.32 Å². The van der Waals surface area contributed by atoms with E-state index in [9.17, 15) is 10.1 Å². The van der Waals surface area contributed by atoms with Crippen molar-refractivity contribution in [1.82, 2.24) is 4.98 Å². The standard InChI is InChI=1S/C14H21N3O2/c1-4-11-5-6-12(10(11)3)16-14-13(17(18)19)9(2)7-8-15-14/h7-8,10-12H,4-6H2,1-3H3,(H,15,16). The van der Waals surface area contributed by atoms with Gasteiger partial charge in [-0.25, -0.2) is 4.98 Å². The average molecular weight is 263 g/mol. The fraction of sp³-hybridized carbons (Fsp3) is 0.643. The normalized spacial score (nSPS) is 26.4. The van der Waals surface area contributed by atoms with Gasteiger partial charge < -0.3 is 5.32 Å². The monoisotopic (exact) mass is 263 g/mol. The van der Waals surface area contributed by atoms with E-state index in [-0.39, 0.29) is 16.7 Å². The summed E-state index contributed by atoms with van der Waals surface area (Å²) in [6.07, 6.45) is 5.05. The summed E-state index contributed by atoms with van der Waals surface area (Å²) in [5, 5.41) is 14.4. The molecule has 0 aromatic carbocycles. The van der Waals surface area contributed by atoms with Crippen molar-refractivity contribution in [3.8, 4) is 0 Å². The maximum absolute atomic E-state index is 11.1. The molecule has 1 saturated carbocycles. The van der Waals surface area contributed by atoms with E-state index in [0.29, 0.717) is 23.2 Å². The number of nitrogens with one attached hydrogen (secondary N) is 1. The van der Waals surface area contributed by atoms with Crippen LogP contribution in [-0.2, 0) is 0 Å². The van der Waals surface area contributed by atoms with Crippen molar-refractivity contribution < 1.29 is 4.92 Å². The third-order valence-corrected chi connectivity index (χ3v) is 4.38. The summed E-state index contributed by atoms with van der Waals surface area (Å²) in [7, 11) is 0. The molecular weight excluding hydrogens is 242 g/mol. The van der Waals surface area contributed by atoms with Gasteiger partial charge in [-0.3, -0.25) is 10.1 Å². The number of nitro groups is 1.